The van der Waals surface area contributed by atoms with Crippen molar-refractivity contribution < 1.29 is 13.2 Å². The number of benzene rings is 3. The minimum atomic E-state index is -3.65. The van der Waals surface area contributed by atoms with E-state index in [9.17, 15) is 13.2 Å². The largest absolute Gasteiger partial charge is 0.325 e. The number of carbonyl (C=O) groups is 1. The zero-order valence-electron chi connectivity index (χ0n) is 20.0. The van der Waals surface area contributed by atoms with Crippen LogP contribution >= 0.6 is 11.8 Å². The first-order valence-electron chi connectivity index (χ1n) is 11.7. The molecular formula is C27H25N5O3S2. The monoisotopic (exact) mass is 531 g/mol. The molecule has 0 aliphatic heterocycles. The number of amides is 1. The minimum absolute atomic E-state index is 0.141. The molecule has 0 spiro atoms. The van der Waals surface area contributed by atoms with Gasteiger partial charge in [-0.3, -0.25) is 9.20 Å². The summed E-state index contributed by atoms with van der Waals surface area (Å²) in [5, 5.41) is 12.6. The van der Waals surface area contributed by atoms with Gasteiger partial charge in [0.2, 0.25) is 15.9 Å². The molecule has 0 bridgehead atoms. The Morgan fingerprint density at radius 2 is 1.65 bits per heavy atom. The molecule has 0 saturated heterocycles. The summed E-state index contributed by atoms with van der Waals surface area (Å²) in [6, 6.07) is 27.6. The molecule has 0 aliphatic carbocycles. The van der Waals surface area contributed by atoms with E-state index in [2.05, 4.69) is 20.2 Å². The molecule has 1 unspecified atom stereocenters. The highest BCUT2D eigenvalue weighted by molar-refractivity contribution is 8.00. The van der Waals surface area contributed by atoms with E-state index in [4.69, 9.17) is 0 Å². The van der Waals surface area contributed by atoms with Crippen LogP contribution < -0.4 is 10.0 Å². The van der Waals surface area contributed by atoms with Crippen molar-refractivity contribution >= 4 is 49.9 Å². The summed E-state index contributed by atoms with van der Waals surface area (Å²) < 4.78 is 29.8. The van der Waals surface area contributed by atoms with Crippen molar-refractivity contribution in [3.05, 3.63) is 96.6 Å². The first kappa shape index (κ1) is 24.9. The quantitative estimate of drug-likeness (QED) is 0.271. The van der Waals surface area contributed by atoms with Gasteiger partial charge in [0.1, 0.15) is 0 Å². The average molecular weight is 532 g/mol. The number of aromatic nitrogens is 3. The molecule has 1 atom stereocenters. The molecule has 2 N–H and O–H groups in total. The van der Waals surface area contributed by atoms with Crippen molar-refractivity contribution in [1.29, 1.82) is 0 Å². The Labute approximate surface area is 219 Å². The van der Waals surface area contributed by atoms with Gasteiger partial charge >= 0.3 is 0 Å². The number of thioether (sulfide) groups is 1. The number of sulfonamides is 1. The minimum Gasteiger partial charge on any atom is -0.325 e. The van der Waals surface area contributed by atoms with Gasteiger partial charge in [0, 0.05) is 12.2 Å². The third kappa shape index (κ3) is 5.66. The molecule has 0 radical (unpaired) electrons. The lowest BCUT2D eigenvalue weighted by molar-refractivity contribution is -0.115. The van der Waals surface area contributed by atoms with E-state index in [-0.39, 0.29) is 10.8 Å². The molecule has 37 heavy (non-hydrogen) atoms. The van der Waals surface area contributed by atoms with Gasteiger partial charge in [-0.05, 0) is 66.8 Å². The van der Waals surface area contributed by atoms with E-state index in [1.807, 2.05) is 71.1 Å². The van der Waals surface area contributed by atoms with Gasteiger partial charge in [0.05, 0.1) is 15.7 Å². The van der Waals surface area contributed by atoms with Gasteiger partial charge in [-0.1, -0.05) is 60.3 Å². The van der Waals surface area contributed by atoms with Crippen molar-refractivity contribution in [2.45, 2.75) is 28.6 Å². The summed E-state index contributed by atoms with van der Waals surface area (Å²) in [4.78, 5) is 13.0. The number of hydrogen-bond donors (Lipinski definition) is 2. The van der Waals surface area contributed by atoms with Gasteiger partial charge in [0.25, 0.3) is 0 Å². The zero-order valence-corrected chi connectivity index (χ0v) is 21.7. The molecule has 8 nitrogen and oxygen atoms in total. The smallest absolute Gasteiger partial charge is 0.240 e. The third-order valence-corrected chi connectivity index (χ3v) is 8.40. The molecular weight excluding hydrogens is 506 g/mol. The van der Waals surface area contributed by atoms with Crippen LogP contribution in [0.2, 0.25) is 0 Å². The second kappa shape index (κ2) is 10.7. The Hall–Kier alpha value is -3.73. The van der Waals surface area contributed by atoms with Crippen LogP contribution in [0.4, 0.5) is 5.69 Å². The molecule has 0 saturated carbocycles. The molecule has 2 heterocycles. The van der Waals surface area contributed by atoms with Crippen LogP contribution in [0.5, 0.6) is 0 Å². The summed E-state index contributed by atoms with van der Waals surface area (Å²) in [5.74, 6) is -0.224. The zero-order chi connectivity index (χ0) is 25.8. The Balaban J connectivity index is 1.21. The van der Waals surface area contributed by atoms with E-state index >= 15 is 0 Å². The summed E-state index contributed by atoms with van der Waals surface area (Å²) in [7, 11) is -3.65. The summed E-state index contributed by atoms with van der Waals surface area (Å²) in [6.45, 7) is 2.09. The predicted molar refractivity (Wildman–Crippen MR) is 146 cm³/mol. The van der Waals surface area contributed by atoms with Crippen molar-refractivity contribution in [3.8, 4) is 0 Å². The molecule has 0 aliphatic rings. The molecule has 1 amide bonds. The number of nitrogens with zero attached hydrogens (tertiary/aromatic N) is 3. The lowest BCUT2D eigenvalue weighted by atomic mass is 10.2. The first-order valence-corrected chi connectivity index (χ1v) is 14.1. The van der Waals surface area contributed by atoms with E-state index in [0.717, 1.165) is 16.5 Å². The van der Waals surface area contributed by atoms with Crippen LogP contribution in [-0.4, -0.2) is 40.7 Å². The van der Waals surface area contributed by atoms with Crippen molar-refractivity contribution in [3.63, 3.8) is 0 Å². The number of hydrogen-bond acceptors (Lipinski definition) is 6. The van der Waals surface area contributed by atoms with E-state index in [0.29, 0.717) is 29.5 Å². The molecule has 5 rings (SSSR count). The molecule has 188 valence electrons. The van der Waals surface area contributed by atoms with E-state index in [1.165, 1.54) is 23.9 Å². The number of rotatable bonds is 9. The van der Waals surface area contributed by atoms with E-state index < -0.39 is 15.3 Å². The van der Waals surface area contributed by atoms with Gasteiger partial charge in [0.15, 0.2) is 10.8 Å². The number of para-hydroxylation sites is 1. The Morgan fingerprint density at radius 1 is 0.919 bits per heavy atom. The number of nitrogens with one attached hydrogen (secondary N) is 2. The van der Waals surface area contributed by atoms with Crippen molar-refractivity contribution in [2.75, 3.05) is 11.9 Å². The van der Waals surface area contributed by atoms with Crippen molar-refractivity contribution in [1.82, 2.24) is 19.3 Å². The predicted octanol–water partition coefficient (Wildman–Crippen LogP) is 4.52. The van der Waals surface area contributed by atoms with Crippen LogP contribution in [0.3, 0.4) is 0 Å². The third-order valence-electron chi connectivity index (χ3n) is 5.88. The molecule has 0 fully saturated rings. The second-order valence-electron chi connectivity index (χ2n) is 8.48. The number of anilines is 1. The lowest BCUT2D eigenvalue weighted by Crippen LogP contribution is -2.26. The fourth-order valence-electron chi connectivity index (χ4n) is 3.92. The Morgan fingerprint density at radius 3 is 2.43 bits per heavy atom. The summed E-state index contributed by atoms with van der Waals surface area (Å²) in [5.41, 5.74) is 3.25. The maximum absolute atomic E-state index is 12.9. The average Bonchev–Trinajstić information content (AvgIpc) is 3.32. The van der Waals surface area contributed by atoms with Crippen molar-refractivity contribution in [2.24, 2.45) is 0 Å². The van der Waals surface area contributed by atoms with Crippen LogP contribution in [-0.2, 0) is 21.2 Å². The second-order valence-corrected chi connectivity index (χ2v) is 11.6. The first-order chi connectivity index (χ1) is 17.9. The number of carbonyl (C=O) groups excluding carboxylic acids is 1. The number of pyridine rings is 1. The Bertz CT molecular complexity index is 1650. The standard InChI is InChI=1S/C27H25N5O3S2/c1-19(36-27-31-30-25-16-11-21-9-5-6-10-24(21)32(25)27)26(33)29-22-12-14-23(15-13-22)37(34,35)28-18-17-20-7-3-2-4-8-20/h2-16,19,28H,17-18H2,1H3,(H,29,33). The SMILES string of the molecule is CC(Sc1nnc2ccc3ccccc3n12)C(=O)Nc1ccc(S(=O)(=O)NCCc2ccccc2)cc1. The highest BCUT2D eigenvalue weighted by Gasteiger charge is 2.20. The van der Waals surface area contributed by atoms with Crippen LogP contribution in [0.1, 0.15) is 12.5 Å². The highest BCUT2D eigenvalue weighted by Crippen LogP contribution is 2.27. The fraction of sp³-hybridized carbons (Fsp3) is 0.148. The topological polar surface area (TPSA) is 105 Å². The van der Waals surface area contributed by atoms with Gasteiger partial charge in [-0.2, -0.15) is 0 Å². The molecule has 2 aromatic heterocycles. The van der Waals surface area contributed by atoms with Gasteiger partial charge in [-0.15, -0.1) is 10.2 Å². The summed E-state index contributed by atoms with van der Waals surface area (Å²) >= 11 is 1.31. The number of fused-ring (bicyclic) bond motifs is 3. The maximum Gasteiger partial charge on any atom is 0.240 e. The lowest BCUT2D eigenvalue weighted by Gasteiger charge is -2.12. The normalized spacial score (nSPS) is 12.6. The molecule has 3 aromatic carbocycles. The van der Waals surface area contributed by atoms with E-state index in [1.54, 1.807) is 19.1 Å². The van der Waals surface area contributed by atoms with Crippen LogP contribution in [0, 0.1) is 0 Å². The maximum atomic E-state index is 12.9. The molecule has 10 heteroatoms. The fourth-order valence-corrected chi connectivity index (χ4v) is 5.82. The Kier molecular flexibility index (Phi) is 7.22. The van der Waals surface area contributed by atoms with Gasteiger partial charge < -0.3 is 5.32 Å². The van der Waals surface area contributed by atoms with Crippen LogP contribution in [0.15, 0.2) is 101 Å². The van der Waals surface area contributed by atoms with Crippen LogP contribution in [0.25, 0.3) is 16.6 Å². The summed E-state index contributed by atoms with van der Waals surface area (Å²) in [6.07, 6.45) is 0.598. The van der Waals surface area contributed by atoms with Gasteiger partial charge in [-0.25, -0.2) is 13.1 Å². The highest BCUT2D eigenvalue weighted by atomic mass is 32.2. The molecule has 5 aromatic rings.